The van der Waals surface area contributed by atoms with Gasteiger partial charge in [-0.1, -0.05) is 92.1 Å². The predicted octanol–water partition coefficient (Wildman–Crippen LogP) is 8.91. The quantitative estimate of drug-likeness (QED) is 0.0288. The molecule has 49 heavy (non-hydrogen) atoms. The van der Waals surface area contributed by atoms with Crippen LogP contribution in [0.5, 0.6) is 17.2 Å². The van der Waals surface area contributed by atoms with E-state index in [2.05, 4.69) is 48.3 Å². The number of aliphatic hydroxyl groups excluding tert-OH is 1. The van der Waals surface area contributed by atoms with Crippen LogP contribution < -0.4 is 19.1 Å². The van der Waals surface area contributed by atoms with Crippen molar-refractivity contribution in [3.63, 3.8) is 0 Å². The minimum Gasteiger partial charge on any atom is -0.507 e. The van der Waals surface area contributed by atoms with Crippen LogP contribution in [0.4, 0.5) is 5.13 Å². The first-order valence-electron chi connectivity index (χ1n) is 16.8. The summed E-state index contributed by atoms with van der Waals surface area (Å²) in [7, 11) is 0. The molecular weight excluding hydrogens is 659 g/mol. The molecule has 1 fully saturated rings. The van der Waals surface area contributed by atoms with Gasteiger partial charge in [0.05, 0.1) is 31.4 Å². The monoisotopic (exact) mass is 701 g/mol. The lowest BCUT2D eigenvalue weighted by Crippen LogP contribution is -2.29. The number of Topliss-reactive ketones (excluding diaryl/α,β-unsaturated/α-hetero) is 1. The minimum atomic E-state index is -0.989. The maximum Gasteiger partial charge on any atom is 0.301 e. The molecule has 9 nitrogen and oxygen atoms in total. The molecule has 3 aromatic carbocycles. The SMILES string of the molecule is CCCCCOc1ccc(C2/C(=C(\O)c3ccc(OCCCC)cc3)C(=O)C(=O)N2c2nnc(SCc3ccc(C)cc3)s2)cc1OCC. The van der Waals surface area contributed by atoms with Crippen LogP contribution in [0.1, 0.15) is 81.2 Å². The number of benzene rings is 3. The number of unbranched alkanes of at least 4 members (excludes halogenated alkanes) is 3. The maximum absolute atomic E-state index is 13.8. The third kappa shape index (κ3) is 8.82. The molecule has 1 amide bonds. The van der Waals surface area contributed by atoms with Gasteiger partial charge >= 0.3 is 5.91 Å². The number of aromatic nitrogens is 2. The number of carbonyl (C=O) groups is 2. The molecule has 1 saturated heterocycles. The van der Waals surface area contributed by atoms with Gasteiger partial charge in [-0.05, 0) is 74.2 Å². The maximum atomic E-state index is 13.8. The van der Waals surface area contributed by atoms with Crippen LogP contribution in [0.25, 0.3) is 5.76 Å². The molecule has 4 aromatic rings. The molecule has 258 valence electrons. The highest BCUT2D eigenvalue weighted by Crippen LogP contribution is 2.46. The van der Waals surface area contributed by atoms with Crippen molar-refractivity contribution in [3.8, 4) is 17.2 Å². The van der Waals surface area contributed by atoms with E-state index in [4.69, 9.17) is 14.2 Å². The number of nitrogens with zero attached hydrogens (tertiary/aromatic N) is 3. The lowest BCUT2D eigenvalue weighted by atomic mass is 9.95. The van der Waals surface area contributed by atoms with Gasteiger partial charge in [-0.25, -0.2) is 0 Å². The first-order valence-corrected chi connectivity index (χ1v) is 18.6. The van der Waals surface area contributed by atoms with Crippen LogP contribution in [0, 0.1) is 6.92 Å². The number of ketones is 1. The summed E-state index contributed by atoms with van der Waals surface area (Å²) in [5, 5.41) is 20.6. The first kappa shape index (κ1) is 35.9. The molecule has 0 saturated carbocycles. The van der Waals surface area contributed by atoms with Crippen molar-refractivity contribution in [1.82, 2.24) is 10.2 Å². The standard InChI is InChI=1S/C38H43N3O6S2/c1-5-8-10-22-47-30-20-17-28(23-31(30)45-7-3)33-32(34(42)27-15-18-29(19-16-27)46-21-9-6-2)35(43)36(44)41(33)37-39-40-38(49-37)48-24-26-13-11-25(4)12-14-26/h11-20,23,33,42H,5-10,21-22,24H2,1-4H3/b34-32+. The number of amides is 1. The number of ether oxygens (including phenoxy) is 3. The van der Waals surface area contributed by atoms with Gasteiger partial charge in [0, 0.05) is 11.3 Å². The zero-order valence-electron chi connectivity index (χ0n) is 28.4. The van der Waals surface area contributed by atoms with E-state index in [9.17, 15) is 14.7 Å². The number of carbonyl (C=O) groups excluding carboxylic acids is 2. The fourth-order valence-corrected chi connectivity index (χ4v) is 7.17. The lowest BCUT2D eigenvalue weighted by Gasteiger charge is -2.23. The zero-order valence-corrected chi connectivity index (χ0v) is 30.1. The lowest BCUT2D eigenvalue weighted by molar-refractivity contribution is -0.132. The Labute approximate surface area is 296 Å². The van der Waals surface area contributed by atoms with Gasteiger partial charge in [0.25, 0.3) is 5.78 Å². The highest BCUT2D eigenvalue weighted by Gasteiger charge is 2.48. The molecule has 1 unspecified atom stereocenters. The molecular formula is C38H43N3O6S2. The van der Waals surface area contributed by atoms with Crippen molar-refractivity contribution < 1.29 is 28.9 Å². The number of aryl methyl sites for hydroxylation is 1. The molecule has 0 bridgehead atoms. The summed E-state index contributed by atoms with van der Waals surface area (Å²) in [4.78, 5) is 29.0. The normalized spacial score (nSPS) is 15.5. The molecule has 11 heteroatoms. The number of rotatable bonds is 17. The largest absolute Gasteiger partial charge is 0.507 e. The second-order valence-corrected chi connectivity index (χ2v) is 13.9. The molecule has 1 N–H and O–H groups in total. The predicted molar refractivity (Wildman–Crippen MR) is 195 cm³/mol. The van der Waals surface area contributed by atoms with Crippen LogP contribution >= 0.6 is 23.1 Å². The molecule has 1 aliphatic heterocycles. The molecule has 1 aliphatic rings. The molecule has 0 aliphatic carbocycles. The van der Waals surface area contributed by atoms with Crippen molar-refractivity contribution in [1.29, 1.82) is 0 Å². The highest BCUT2D eigenvalue weighted by atomic mass is 32.2. The second kappa shape index (κ2) is 17.3. The average Bonchev–Trinajstić information content (AvgIpc) is 3.68. The second-order valence-electron chi connectivity index (χ2n) is 11.7. The summed E-state index contributed by atoms with van der Waals surface area (Å²) in [6.45, 7) is 9.66. The van der Waals surface area contributed by atoms with E-state index >= 15 is 0 Å². The van der Waals surface area contributed by atoms with Gasteiger partial charge < -0.3 is 19.3 Å². The molecule has 0 spiro atoms. The number of thioether (sulfide) groups is 1. The van der Waals surface area contributed by atoms with E-state index in [1.165, 1.54) is 33.6 Å². The van der Waals surface area contributed by atoms with Gasteiger partial charge in [-0.2, -0.15) is 0 Å². The van der Waals surface area contributed by atoms with Crippen LogP contribution in [-0.2, 0) is 15.3 Å². The zero-order chi connectivity index (χ0) is 34.8. The summed E-state index contributed by atoms with van der Waals surface area (Å²) in [5.41, 5.74) is 3.22. The number of hydrogen-bond donors (Lipinski definition) is 1. The smallest absolute Gasteiger partial charge is 0.301 e. The Morgan fingerprint density at radius 2 is 1.59 bits per heavy atom. The summed E-state index contributed by atoms with van der Waals surface area (Å²) < 4.78 is 18.5. The average molecular weight is 702 g/mol. The Kier molecular flexibility index (Phi) is 12.7. The molecule has 1 atom stereocenters. The molecule has 1 aromatic heterocycles. The van der Waals surface area contributed by atoms with E-state index in [-0.39, 0.29) is 16.5 Å². The highest BCUT2D eigenvalue weighted by molar-refractivity contribution is 8.00. The Balaban J connectivity index is 1.52. The van der Waals surface area contributed by atoms with Crippen molar-refractivity contribution in [2.45, 2.75) is 75.9 Å². The first-order chi connectivity index (χ1) is 23.8. The fourth-order valence-electron chi connectivity index (χ4n) is 5.35. The molecule has 2 heterocycles. The Morgan fingerprint density at radius 3 is 2.31 bits per heavy atom. The van der Waals surface area contributed by atoms with Crippen LogP contribution in [0.15, 0.2) is 76.6 Å². The number of anilines is 1. The molecule has 5 rings (SSSR count). The van der Waals surface area contributed by atoms with Crippen LogP contribution in [0.3, 0.4) is 0 Å². The Hall–Kier alpha value is -4.35. The van der Waals surface area contributed by atoms with E-state index in [0.29, 0.717) is 58.3 Å². The van der Waals surface area contributed by atoms with E-state index < -0.39 is 17.7 Å². The third-order valence-corrected chi connectivity index (χ3v) is 10.1. The summed E-state index contributed by atoms with van der Waals surface area (Å²) in [6.07, 6.45) is 4.97. The van der Waals surface area contributed by atoms with Gasteiger partial charge in [-0.3, -0.25) is 14.5 Å². The number of hydrogen-bond acceptors (Lipinski definition) is 10. The van der Waals surface area contributed by atoms with Gasteiger partial charge in [-0.15, -0.1) is 10.2 Å². The van der Waals surface area contributed by atoms with Gasteiger partial charge in [0.15, 0.2) is 15.8 Å². The van der Waals surface area contributed by atoms with Crippen molar-refractivity contribution in [3.05, 3.63) is 94.6 Å². The van der Waals surface area contributed by atoms with E-state index in [1.54, 1.807) is 42.5 Å². The van der Waals surface area contributed by atoms with E-state index in [1.807, 2.05) is 13.8 Å². The Morgan fingerprint density at radius 1 is 0.857 bits per heavy atom. The third-order valence-electron chi connectivity index (χ3n) is 8.01. The van der Waals surface area contributed by atoms with Crippen LogP contribution in [-0.4, -0.2) is 46.8 Å². The summed E-state index contributed by atoms with van der Waals surface area (Å²) in [5.74, 6) is 0.491. The Bertz CT molecular complexity index is 1750. The minimum absolute atomic E-state index is 0.0484. The summed E-state index contributed by atoms with van der Waals surface area (Å²) in [6, 6.07) is 19.5. The van der Waals surface area contributed by atoms with Gasteiger partial charge in [0.1, 0.15) is 11.5 Å². The molecule has 0 radical (unpaired) electrons. The van der Waals surface area contributed by atoms with Crippen molar-refractivity contribution in [2.75, 3.05) is 24.7 Å². The van der Waals surface area contributed by atoms with Crippen molar-refractivity contribution >= 4 is 45.7 Å². The van der Waals surface area contributed by atoms with E-state index in [0.717, 1.165) is 37.7 Å². The fraction of sp³-hybridized carbons (Fsp3) is 0.368. The van der Waals surface area contributed by atoms with Crippen LogP contribution in [0.2, 0.25) is 0 Å². The topological polar surface area (TPSA) is 111 Å². The summed E-state index contributed by atoms with van der Waals surface area (Å²) >= 11 is 2.73. The number of aliphatic hydroxyl groups is 1. The van der Waals surface area contributed by atoms with Gasteiger partial charge in [0.2, 0.25) is 5.13 Å². The van der Waals surface area contributed by atoms with Crippen molar-refractivity contribution in [2.24, 2.45) is 0 Å².